The summed E-state index contributed by atoms with van der Waals surface area (Å²) in [4.78, 5) is 0. The maximum absolute atomic E-state index is 11.6. The van der Waals surface area contributed by atoms with Crippen molar-refractivity contribution in [3.63, 3.8) is 0 Å². The first kappa shape index (κ1) is 19.8. The van der Waals surface area contributed by atoms with E-state index in [0.717, 1.165) is 37.9 Å². The van der Waals surface area contributed by atoms with E-state index in [-0.39, 0.29) is 12.0 Å². The third-order valence-electron chi connectivity index (χ3n) is 7.51. The van der Waals surface area contributed by atoms with Crippen LogP contribution in [-0.4, -0.2) is 24.1 Å². The quantitative estimate of drug-likeness (QED) is 0.688. The van der Waals surface area contributed by atoms with Gasteiger partial charge >= 0.3 is 0 Å². The van der Waals surface area contributed by atoms with E-state index in [2.05, 4.69) is 48.5 Å². The average molecular weight is 405 g/mol. The van der Waals surface area contributed by atoms with E-state index in [4.69, 9.17) is 9.47 Å². The van der Waals surface area contributed by atoms with Crippen molar-refractivity contribution in [2.45, 2.75) is 62.8 Å². The summed E-state index contributed by atoms with van der Waals surface area (Å²) in [5.74, 6) is 0.839. The topological polar surface area (TPSA) is 38.7 Å². The van der Waals surface area contributed by atoms with Crippen LogP contribution in [-0.2, 0) is 4.74 Å². The van der Waals surface area contributed by atoms with Crippen LogP contribution in [0, 0.1) is 11.8 Å². The Balaban J connectivity index is 1.53. The maximum Gasteiger partial charge on any atom is 0.169 e. The summed E-state index contributed by atoms with van der Waals surface area (Å²) in [7, 11) is 1.69. The van der Waals surface area contributed by atoms with Gasteiger partial charge in [-0.05, 0) is 72.8 Å². The molecule has 0 radical (unpaired) electrons. The summed E-state index contributed by atoms with van der Waals surface area (Å²) in [6, 6.07) is 19.1. The van der Waals surface area contributed by atoms with Gasteiger partial charge in [-0.15, -0.1) is 0 Å². The van der Waals surface area contributed by atoms with Gasteiger partial charge in [0, 0.05) is 12.3 Å². The predicted molar refractivity (Wildman–Crippen MR) is 119 cm³/mol. The lowest BCUT2D eigenvalue weighted by Crippen LogP contribution is -2.57. The third kappa shape index (κ3) is 3.59. The van der Waals surface area contributed by atoms with E-state index in [1.54, 1.807) is 7.11 Å². The summed E-state index contributed by atoms with van der Waals surface area (Å²) >= 11 is 0. The lowest BCUT2D eigenvalue weighted by atomic mass is 9.61. The van der Waals surface area contributed by atoms with Gasteiger partial charge in [-0.3, -0.25) is 0 Å². The third-order valence-corrected chi connectivity index (χ3v) is 7.51. The highest BCUT2D eigenvalue weighted by molar-refractivity contribution is 5.55. The Bertz CT molecular complexity index is 888. The molecule has 5 atom stereocenters. The molecule has 2 aromatic rings. The van der Waals surface area contributed by atoms with Crippen molar-refractivity contribution in [2.24, 2.45) is 11.8 Å². The van der Waals surface area contributed by atoms with Gasteiger partial charge in [-0.1, -0.05) is 55.0 Å². The fraction of sp³-hybridized carbons (Fsp3) is 0.481. The maximum atomic E-state index is 11.6. The zero-order chi connectivity index (χ0) is 20.6. The first-order chi connectivity index (χ1) is 14.7. The summed E-state index contributed by atoms with van der Waals surface area (Å²) in [6.07, 6.45) is 9.69. The van der Waals surface area contributed by atoms with Crippen LogP contribution >= 0.6 is 0 Å². The molecule has 158 valence electrons. The fourth-order valence-corrected chi connectivity index (χ4v) is 6.14. The number of benzene rings is 2. The minimum absolute atomic E-state index is 0.00888. The molecule has 0 bridgehead atoms. The summed E-state index contributed by atoms with van der Waals surface area (Å²) in [5.41, 5.74) is 3.87. The van der Waals surface area contributed by atoms with Gasteiger partial charge in [-0.2, -0.15) is 0 Å². The molecule has 1 aliphatic heterocycles. The zero-order valence-electron chi connectivity index (χ0n) is 17.8. The molecule has 3 nitrogen and oxygen atoms in total. The van der Waals surface area contributed by atoms with Crippen molar-refractivity contribution in [1.82, 2.24) is 0 Å². The summed E-state index contributed by atoms with van der Waals surface area (Å²) in [6.45, 7) is 0. The molecular weight excluding hydrogens is 372 g/mol. The monoisotopic (exact) mass is 404 g/mol. The molecule has 1 saturated heterocycles. The SMILES string of the molecule is COc1ccc(/C=C2\CCCC3C2OC2(O)CCCCC2C3c2ccccc2)cc1. The van der Waals surface area contributed by atoms with Crippen LogP contribution in [0.2, 0.25) is 0 Å². The Kier molecular flexibility index (Phi) is 5.43. The van der Waals surface area contributed by atoms with E-state index in [9.17, 15) is 5.11 Å². The molecular formula is C27H32O3. The molecule has 3 heteroatoms. The number of methoxy groups -OCH3 is 1. The zero-order valence-corrected chi connectivity index (χ0v) is 17.8. The van der Waals surface area contributed by atoms with E-state index < -0.39 is 5.79 Å². The van der Waals surface area contributed by atoms with Crippen LogP contribution in [0.4, 0.5) is 0 Å². The van der Waals surface area contributed by atoms with Gasteiger partial charge in [0.1, 0.15) is 5.75 Å². The molecule has 3 fully saturated rings. The van der Waals surface area contributed by atoms with Crippen LogP contribution < -0.4 is 4.74 Å². The van der Waals surface area contributed by atoms with Gasteiger partial charge < -0.3 is 14.6 Å². The van der Waals surface area contributed by atoms with Crippen LogP contribution in [0.5, 0.6) is 5.75 Å². The second-order valence-corrected chi connectivity index (χ2v) is 9.22. The first-order valence-electron chi connectivity index (χ1n) is 11.5. The van der Waals surface area contributed by atoms with Crippen molar-refractivity contribution in [1.29, 1.82) is 0 Å². The first-order valence-corrected chi connectivity index (χ1v) is 11.5. The number of ether oxygens (including phenoxy) is 2. The van der Waals surface area contributed by atoms with E-state index in [1.807, 2.05) is 12.1 Å². The van der Waals surface area contributed by atoms with Gasteiger partial charge in [-0.25, -0.2) is 0 Å². The summed E-state index contributed by atoms with van der Waals surface area (Å²) < 4.78 is 11.9. The molecule has 0 amide bonds. The highest BCUT2D eigenvalue weighted by atomic mass is 16.6. The largest absolute Gasteiger partial charge is 0.497 e. The smallest absolute Gasteiger partial charge is 0.169 e. The minimum atomic E-state index is -1.00. The molecule has 1 heterocycles. The molecule has 1 N–H and O–H groups in total. The van der Waals surface area contributed by atoms with Crippen LogP contribution in [0.25, 0.3) is 6.08 Å². The average Bonchev–Trinajstić information content (AvgIpc) is 2.79. The Hall–Kier alpha value is -2.10. The Labute approximate surface area is 179 Å². The van der Waals surface area contributed by atoms with Gasteiger partial charge in [0.05, 0.1) is 13.2 Å². The molecule has 2 saturated carbocycles. The summed E-state index contributed by atoms with van der Waals surface area (Å²) in [5, 5.41) is 11.6. The van der Waals surface area contributed by atoms with Crippen molar-refractivity contribution < 1.29 is 14.6 Å². The predicted octanol–water partition coefficient (Wildman–Crippen LogP) is 5.94. The molecule has 5 unspecified atom stereocenters. The lowest BCUT2D eigenvalue weighted by Gasteiger charge is -2.55. The molecule has 30 heavy (non-hydrogen) atoms. The molecule has 2 aliphatic carbocycles. The Morgan fingerprint density at radius 2 is 1.80 bits per heavy atom. The lowest BCUT2D eigenvalue weighted by molar-refractivity contribution is -0.310. The van der Waals surface area contributed by atoms with Crippen molar-refractivity contribution in [2.75, 3.05) is 7.11 Å². The van der Waals surface area contributed by atoms with Gasteiger partial charge in [0.15, 0.2) is 5.79 Å². The molecule has 2 aromatic carbocycles. The normalized spacial score (nSPS) is 34.8. The second kappa shape index (κ2) is 8.20. The molecule has 0 aromatic heterocycles. The highest BCUT2D eigenvalue weighted by Crippen LogP contribution is 2.56. The van der Waals surface area contributed by atoms with Crippen LogP contribution in [0.15, 0.2) is 60.2 Å². The number of fused-ring (bicyclic) bond motifs is 2. The van der Waals surface area contributed by atoms with E-state index >= 15 is 0 Å². The van der Waals surface area contributed by atoms with Crippen molar-refractivity contribution in [3.8, 4) is 5.75 Å². The standard InChI is InChI=1S/C27H32O3/c1-29-22-15-13-19(14-16-22)18-21-10-7-11-23-25(20-8-3-2-4-9-20)24-12-5-6-17-27(24,28)30-26(21)23/h2-4,8-9,13-16,18,23-26,28H,5-7,10-12,17H2,1H3/b21-18+. The van der Waals surface area contributed by atoms with Crippen LogP contribution in [0.3, 0.4) is 0 Å². The van der Waals surface area contributed by atoms with Crippen molar-refractivity contribution in [3.05, 3.63) is 71.3 Å². The fourth-order valence-electron chi connectivity index (χ4n) is 6.14. The van der Waals surface area contributed by atoms with Gasteiger partial charge in [0.25, 0.3) is 0 Å². The Morgan fingerprint density at radius 1 is 1.00 bits per heavy atom. The molecule has 3 aliphatic rings. The number of rotatable bonds is 3. The van der Waals surface area contributed by atoms with E-state index in [0.29, 0.717) is 11.8 Å². The number of hydrogen-bond acceptors (Lipinski definition) is 3. The van der Waals surface area contributed by atoms with Crippen LogP contribution in [0.1, 0.15) is 62.0 Å². The molecule has 0 spiro atoms. The Morgan fingerprint density at radius 3 is 2.57 bits per heavy atom. The second-order valence-electron chi connectivity index (χ2n) is 9.22. The van der Waals surface area contributed by atoms with E-state index in [1.165, 1.54) is 29.5 Å². The number of aliphatic hydroxyl groups is 1. The highest BCUT2D eigenvalue weighted by Gasteiger charge is 2.55. The number of hydrogen-bond donors (Lipinski definition) is 1. The minimum Gasteiger partial charge on any atom is -0.497 e. The van der Waals surface area contributed by atoms with Gasteiger partial charge in [0.2, 0.25) is 0 Å². The van der Waals surface area contributed by atoms with Crippen molar-refractivity contribution >= 4 is 6.08 Å². The molecule has 5 rings (SSSR count).